The SMILES string of the molecule is C[C@@H]1c2ccccc2CCN1C(=O)c1cc2c(-c3cccnc3)cc(Br)cn2n1. The highest BCUT2D eigenvalue weighted by Gasteiger charge is 2.29. The topological polar surface area (TPSA) is 50.5 Å². The van der Waals surface area contributed by atoms with Gasteiger partial charge in [0.25, 0.3) is 5.91 Å². The van der Waals surface area contributed by atoms with Gasteiger partial charge in [0, 0.05) is 40.7 Å². The Morgan fingerprint density at radius 2 is 2.03 bits per heavy atom. The van der Waals surface area contributed by atoms with E-state index in [1.165, 1.54) is 11.1 Å². The van der Waals surface area contributed by atoms with Crippen molar-refractivity contribution in [2.24, 2.45) is 0 Å². The van der Waals surface area contributed by atoms with Crippen molar-refractivity contribution in [1.82, 2.24) is 19.5 Å². The number of rotatable bonds is 2. The lowest BCUT2D eigenvalue weighted by Crippen LogP contribution is -2.39. The van der Waals surface area contributed by atoms with Gasteiger partial charge in [-0.15, -0.1) is 0 Å². The van der Waals surface area contributed by atoms with Crippen LogP contribution in [0.3, 0.4) is 0 Å². The molecule has 3 aromatic heterocycles. The van der Waals surface area contributed by atoms with Crippen LogP contribution in [0.4, 0.5) is 0 Å². The van der Waals surface area contributed by atoms with E-state index in [9.17, 15) is 4.79 Å². The summed E-state index contributed by atoms with van der Waals surface area (Å²) >= 11 is 3.55. The monoisotopic (exact) mass is 446 g/mol. The maximum Gasteiger partial charge on any atom is 0.274 e. The van der Waals surface area contributed by atoms with Gasteiger partial charge < -0.3 is 4.90 Å². The van der Waals surface area contributed by atoms with Crippen LogP contribution < -0.4 is 0 Å². The number of hydrogen-bond donors (Lipinski definition) is 0. The predicted molar refractivity (Wildman–Crippen MR) is 116 cm³/mol. The first-order chi connectivity index (χ1) is 14.1. The molecule has 144 valence electrons. The fourth-order valence-electron chi connectivity index (χ4n) is 4.11. The van der Waals surface area contributed by atoms with Crippen molar-refractivity contribution in [3.63, 3.8) is 0 Å². The minimum atomic E-state index is -0.0380. The minimum absolute atomic E-state index is 0.0294. The molecule has 5 rings (SSSR count). The number of hydrogen-bond acceptors (Lipinski definition) is 3. The highest BCUT2D eigenvalue weighted by molar-refractivity contribution is 9.10. The molecule has 1 aliphatic heterocycles. The van der Waals surface area contributed by atoms with E-state index in [0.717, 1.165) is 27.5 Å². The molecule has 0 N–H and O–H groups in total. The first kappa shape index (κ1) is 18.1. The van der Waals surface area contributed by atoms with Crippen LogP contribution in [0.2, 0.25) is 0 Å². The molecule has 4 heterocycles. The van der Waals surface area contributed by atoms with Gasteiger partial charge in [-0.3, -0.25) is 9.78 Å². The van der Waals surface area contributed by atoms with Crippen molar-refractivity contribution in [2.45, 2.75) is 19.4 Å². The predicted octanol–water partition coefficient (Wildman–Crippen LogP) is 4.92. The smallest absolute Gasteiger partial charge is 0.274 e. The van der Waals surface area contributed by atoms with Crippen molar-refractivity contribution < 1.29 is 4.79 Å². The summed E-state index contributed by atoms with van der Waals surface area (Å²) in [7, 11) is 0. The third kappa shape index (κ3) is 3.13. The molecule has 29 heavy (non-hydrogen) atoms. The molecule has 6 heteroatoms. The Bertz CT molecular complexity index is 1220. The summed E-state index contributed by atoms with van der Waals surface area (Å²) < 4.78 is 2.66. The van der Waals surface area contributed by atoms with Gasteiger partial charge in [0.1, 0.15) is 0 Å². The normalized spacial score (nSPS) is 16.1. The lowest BCUT2D eigenvalue weighted by atomic mass is 9.93. The molecule has 0 unspecified atom stereocenters. The maximum atomic E-state index is 13.3. The zero-order chi connectivity index (χ0) is 20.0. The van der Waals surface area contributed by atoms with E-state index in [-0.39, 0.29) is 11.9 Å². The number of amides is 1. The van der Waals surface area contributed by atoms with E-state index >= 15 is 0 Å². The number of halogens is 1. The Morgan fingerprint density at radius 1 is 1.17 bits per heavy atom. The van der Waals surface area contributed by atoms with Gasteiger partial charge >= 0.3 is 0 Å². The average molecular weight is 447 g/mol. The summed E-state index contributed by atoms with van der Waals surface area (Å²) in [6, 6.07) is 16.2. The number of fused-ring (bicyclic) bond motifs is 2. The summed E-state index contributed by atoms with van der Waals surface area (Å²) in [6.45, 7) is 2.79. The molecule has 5 nitrogen and oxygen atoms in total. The Hall–Kier alpha value is -2.99. The Kier molecular flexibility index (Phi) is 4.43. The summed E-state index contributed by atoms with van der Waals surface area (Å²) in [5.41, 5.74) is 5.85. The van der Waals surface area contributed by atoms with E-state index in [1.807, 2.05) is 47.6 Å². The molecule has 1 atom stereocenters. The zero-order valence-corrected chi connectivity index (χ0v) is 17.5. The van der Waals surface area contributed by atoms with E-state index in [2.05, 4.69) is 51.1 Å². The first-order valence-corrected chi connectivity index (χ1v) is 10.4. The number of aromatic nitrogens is 3. The fourth-order valence-corrected chi connectivity index (χ4v) is 4.54. The molecular formula is C23H19BrN4O. The lowest BCUT2D eigenvalue weighted by Gasteiger charge is -2.34. The summed E-state index contributed by atoms with van der Waals surface area (Å²) in [5.74, 6) is -0.0380. The minimum Gasteiger partial charge on any atom is -0.330 e. The van der Waals surface area contributed by atoms with Gasteiger partial charge in [-0.05, 0) is 58.6 Å². The third-order valence-electron chi connectivity index (χ3n) is 5.59. The largest absolute Gasteiger partial charge is 0.330 e. The Balaban J connectivity index is 1.55. The molecule has 0 fully saturated rings. The van der Waals surface area contributed by atoms with Gasteiger partial charge in [-0.2, -0.15) is 5.10 Å². The van der Waals surface area contributed by atoms with Crippen molar-refractivity contribution in [1.29, 1.82) is 0 Å². The van der Waals surface area contributed by atoms with E-state index in [1.54, 1.807) is 10.7 Å². The molecule has 1 aromatic carbocycles. The molecule has 0 saturated heterocycles. The molecule has 0 aliphatic carbocycles. The van der Waals surface area contributed by atoms with E-state index in [0.29, 0.717) is 12.2 Å². The number of benzene rings is 1. The average Bonchev–Trinajstić information content (AvgIpc) is 3.18. The van der Waals surface area contributed by atoms with E-state index < -0.39 is 0 Å². The Labute approximate surface area is 177 Å². The van der Waals surface area contributed by atoms with Gasteiger partial charge in [-0.25, -0.2) is 4.52 Å². The van der Waals surface area contributed by atoms with Crippen LogP contribution in [0.15, 0.2) is 71.6 Å². The van der Waals surface area contributed by atoms with Crippen molar-refractivity contribution >= 4 is 27.4 Å². The van der Waals surface area contributed by atoms with Crippen molar-refractivity contribution in [2.75, 3.05) is 6.54 Å². The van der Waals surface area contributed by atoms with Crippen LogP contribution in [0.1, 0.15) is 34.6 Å². The number of pyridine rings is 2. The molecule has 1 amide bonds. The summed E-state index contributed by atoms with van der Waals surface area (Å²) in [5, 5.41) is 4.60. The maximum absolute atomic E-state index is 13.3. The number of nitrogens with zero attached hydrogens (tertiary/aromatic N) is 4. The molecule has 1 aliphatic rings. The third-order valence-corrected chi connectivity index (χ3v) is 6.02. The quantitative estimate of drug-likeness (QED) is 0.439. The zero-order valence-electron chi connectivity index (χ0n) is 15.9. The lowest BCUT2D eigenvalue weighted by molar-refractivity contribution is 0.0671. The molecule has 4 aromatic rings. The molecule has 0 saturated carbocycles. The summed E-state index contributed by atoms with van der Waals surface area (Å²) in [6.07, 6.45) is 6.31. The molecule has 0 bridgehead atoms. The molecule has 0 radical (unpaired) electrons. The number of carbonyl (C=O) groups is 1. The van der Waals surface area contributed by atoms with Crippen LogP contribution >= 0.6 is 15.9 Å². The second kappa shape index (κ2) is 7.12. The standard InChI is InChI=1S/C23H19BrN4O/c1-15-19-7-3-2-5-16(19)8-10-27(15)23(29)21-12-22-20(17-6-4-9-25-13-17)11-18(24)14-28(22)26-21/h2-7,9,11-15H,8,10H2,1H3/t15-/m1/s1. The van der Waals surface area contributed by atoms with Crippen molar-refractivity contribution in [3.8, 4) is 11.1 Å². The van der Waals surface area contributed by atoms with Crippen LogP contribution in [-0.2, 0) is 6.42 Å². The Morgan fingerprint density at radius 3 is 2.86 bits per heavy atom. The second-order valence-corrected chi connectivity index (χ2v) is 8.21. The number of carbonyl (C=O) groups excluding carboxylic acids is 1. The van der Waals surface area contributed by atoms with E-state index in [4.69, 9.17) is 0 Å². The van der Waals surface area contributed by atoms with Crippen LogP contribution in [0.25, 0.3) is 16.6 Å². The van der Waals surface area contributed by atoms with Crippen LogP contribution in [0, 0.1) is 0 Å². The highest BCUT2D eigenvalue weighted by atomic mass is 79.9. The second-order valence-electron chi connectivity index (χ2n) is 7.30. The van der Waals surface area contributed by atoms with Crippen LogP contribution in [0.5, 0.6) is 0 Å². The molecule has 0 spiro atoms. The van der Waals surface area contributed by atoms with Gasteiger partial charge in [0.2, 0.25) is 0 Å². The molecular weight excluding hydrogens is 428 g/mol. The van der Waals surface area contributed by atoms with Gasteiger partial charge in [0.05, 0.1) is 11.6 Å². The van der Waals surface area contributed by atoms with Gasteiger partial charge in [0.15, 0.2) is 5.69 Å². The van der Waals surface area contributed by atoms with Crippen molar-refractivity contribution in [3.05, 3.63) is 88.4 Å². The fraction of sp³-hybridized carbons (Fsp3) is 0.174. The summed E-state index contributed by atoms with van der Waals surface area (Å²) in [4.78, 5) is 19.5. The first-order valence-electron chi connectivity index (χ1n) is 9.60. The highest BCUT2D eigenvalue weighted by Crippen LogP contribution is 2.32. The van der Waals surface area contributed by atoms with Gasteiger partial charge in [-0.1, -0.05) is 30.3 Å². The van der Waals surface area contributed by atoms with Crippen LogP contribution in [-0.4, -0.2) is 31.9 Å².